The average Bonchev–Trinajstić information content (AvgIpc) is 3.32. The van der Waals surface area contributed by atoms with Gasteiger partial charge in [0, 0.05) is 30.5 Å². The van der Waals surface area contributed by atoms with Crippen LogP contribution in [0.5, 0.6) is 0 Å². The van der Waals surface area contributed by atoms with Crippen molar-refractivity contribution in [1.82, 2.24) is 15.0 Å². The lowest BCUT2D eigenvalue weighted by atomic mass is 9.90. The van der Waals surface area contributed by atoms with Crippen LogP contribution in [0.15, 0.2) is 11.4 Å². The first kappa shape index (κ1) is 19.0. The maximum Gasteiger partial charge on any atom is 0.227 e. The minimum absolute atomic E-state index is 0.200. The third kappa shape index (κ3) is 3.35. The number of ether oxygens (including phenoxy) is 1. The molecule has 3 aromatic heterocycles. The van der Waals surface area contributed by atoms with E-state index in [2.05, 4.69) is 28.7 Å². The lowest BCUT2D eigenvalue weighted by molar-refractivity contribution is -0.115. The molecule has 0 aromatic carbocycles. The molecule has 2 aliphatic heterocycles. The number of fused-ring (bicyclic) bond motifs is 5. The number of hydrogen-bond donors (Lipinski definition) is 1. The Morgan fingerprint density at radius 3 is 2.86 bits per heavy atom. The number of amides is 1. The van der Waals surface area contributed by atoms with Gasteiger partial charge in [-0.05, 0) is 32.3 Å². The largest absolute Gasteiger partial charge is 0.370 e. The van der Waals surface area contributed by atoms with Crippen molar-refractivity contribution in [2.24, 2.45) is 5.73 Å². The summed E-state index contributed by atoms with van der Waals surface area (Å²) in [5, 5.41) is 1.90. The van der Waals surface area contributed by atoms with E-state index in [0.29, 0.717) is 6.61 Å². The Labute approximate surface area is 177 Å². The quantitative estimate of drug-likeness (QED) is 0.502. The molecule has 0 saturated carbocycles. The van der Waals surface area contributed by atoms with E-state index in [1.807, 2.05) is 0 Å². The number of pyridine rings is 1. The number of aromatic nitrogens is 3. The highest BCUT2D eigenvalue weighted by Crippen LogP contribution is 2.44. The zero-order valence-electron chi connectivity index (χ0n) is 16.5. The van der Waals surface area contributed by atoms with Crippen LogP contribution in [0.1, 0.15) is 37.8 Å². The van der Waals surface area contributed by atoms with Crippen LogP contribution in [0, 0.1) is 0 Å². The van der Waals surface area contributed by atoms with Crippen molar-refractivity contribution in [2.75, 3.05) is 23.7 Å². The van der Waals surface area contributed by atoms with E-state index in [0.717, 1.165) is 50.8 Å². The molecule has 152 valence electrons. The monoisotopic (exact) mass is 429 g/mol. The van der Waals surface area contributed by atoms with Gasteiger partial charge in [0.2, 0.25) is 5.91 Å². The summed E-state index contributed by atoms with van der Waals surface area (Å²) in [6.45, 7) is 6.92. The maximum atomic E-state index is 11.3. The molecular formula is C20H23N5O2S2. The van der Waals surface area contributed by atoms with Gasteiger partial charge in [0.1, 0.15) is 22.0 Å². The molecule has 0 aliphatic carbocycles. The highest BCUT2D eigenvalue weighted by Gasteiger charge is 2.33. The van der Waals surface area contributed by atoms with Crippen LogP contribution in [0.25, 0.3) is 20.4 Å². The zero-order valence-corrected chi connectivity index (χ0v) is 18.2. The maximum absolute atomic E-state index is 11.3. The van der Waals surface area contributed by atoms with Crippen molar-refractivity contribution in [1.29, 1.82) is 0 Å². The van der Waals surface area contributed by atoms with Crippen molar-refractivity contribution in [3.8, 4) is 0 Å². The van der Waals surface area contributed by atoms with E-state index in [4.69, 9.17) is 15.5 Å². The molecule has 0 spiro atoms. The number of thioether (sulfide) groups is 1. The van der Waals surface area contributed by atoms with Crippen LogP contribution in [0.4, 0.5) is 5.82 Å². The molecule has 29 heavy (non-hydrogen) atoms. The van der Waals surface area contributed by atoms with E-state index >= 15 is 0 Å². The van der Waals surface area contributed by atoms with Crippen LogP contribution in [-0.4, -0.2) is 45.3 Å². The number of nitrogens with two attached hydrogens (primary N) is 1. The smallest absolute Gasteiger partial charge is 0.227 e. The van der Waals surface area contributed by atoms with Gasteiger partial charge in [-0.1, -0.05) is 11.8 Å². The van der Waals surface area contributed by atoms with Gasteiger partial charge in [0.15, 0.2) is 0 Å². The number of primary amides is 1. The predicted molar refractivity (Wildman–Crippen MR) is 117 cm³/mol. The van der Waals surface area contributed by atoms with Gasteiger partial charge < -0.3 is 15.4 Å². The molecule has 0 atom stereocenters. The molecule has 3 aromatic rings. The standard InChI is InChI=1S/C20H23N5O2S2/c1-20(2)7-11-12(8-27-20)17(25-5-3-4-6-25)24-18-14(11)15-16(29-18)19(23-10-22-15)28-9-13(21)26/h10H,3-9H2,1-2H3,(H2,21,26). The molecule has 9 heteroatoms. The van der Waals surface area contributed by atoms with E-state index in [9.17, 15) is 4.79 Å². The molecule has 1 saturated heterocycles. The third-order valence-electron chi connectivity index (χ3n) is 5.53. The molecule has 5 heterocycles. The van der Waals surface area contributed by atoms with Crippen molar-refractivity contribution in [3.63, 3.8) is 0 Å². The molecule has 1 fully saturated rings. The van der Waals surface area contributed by atoms with Crippen LogP contribution < -0.4 is 10.6 Å². The van der Waals surface area contributed by atoms with Gasteiger partial charge >= 0.3 is 0 Å². The summed E-state index contributed by atoms with van der Waals surface area (Å²) in [5.74, 6) is 0.908. The Balaban J connectivity index is 1.75. The predicted octanol–water partition coefficient (Wildman–Crippen LogP) is 3.27. The second-order valence-electron chi connectivity index (χ2n) is 8.21. The molecule has 2 N–H and O–H groups in total. The van der Waals surface area contributed by atoms with E-state index in [1.165, 1.54) is 35.7 Å². The second kappa shape index (κ2) is 7.07. The fourth-order valence-electron chi connectivity index (χ4n) is 4.20. The van der Waals surface area contributed by atoms with Crippen molar-refractivity contribution >= 4 is 55.3 Å². The minimum atomic E-state index is -0.353. The van der Waals surface area contributed by atoms with Crippen LogP contribution in [0.3, 0.4) is 0 Å². The minimum Gasteiger partial charge on any atom is -0.370 e. The van der Waals surface area contributed by atoms with Gasteiger partial charge in [-0.15, -0.1) is 11.3 Å². The first-order valence-electron chi connectivity index (χ1n) is 9.82. The molecule has 1 amide bonds. The van der Waals surface area contributed by atoms with E-state index in [-0.39, 0.29) is 17.3 Å². The Morgan fingerprint density at radius 1 is 1.31 bits per heavy atom. The summed E-state index contributed by atoms with van der Waals surface area (Å²) in [5.41, 5.74) is 8.52. The molecular weight excluding hydrogens is 406 g/mol. The Hall–Kier alpha value is -1.97. The van der Waals surface area contributed by atoms with E-state index < -0.39 is 0 Å². The lowest BCUT2D eigenvalue weighted by Gasteiger charge is -2.34. The van der Waals surface area contributed by atoms with Gasteiger partial charge in [0.25, 0.3) is 0 Å². The van der Waals surface area contributed by atoms with Gasteiger partial charge in [-0.25, -0.2) is 15.0 Å². The summed E-state index contributed by atoms with van der Waals surface area (Å²) in [6, 6.07) is 0. The van der Waals surface area contributed by atoms with Gasteiger partial charge in [-0.3, -0.25) is 4.79 Å². The van der Waals surface area contributed by atoms with Gasteiger partial charge in [-0.2, -0.15) is 0 Å². The summed E-state index contributed by atoms with van der Waals surface area (Å²) >= 11 is 2.97. The van der Waals surface area contributed by atoms with Crippen LogP contribution in [-0.2, 0) is 22.6 Å². The Bertz CT molecular complexity index is 1120. The highest BCUT2D eigenvalue weighted by atomic mass is 32.2. The third-order valence-corrected chi connectivity index (χ3v) is 7.75. The Morgan fingerprint density at radius 2 is 2.10 bits per heavy atom. The molecule has 7 nitrogen and oxygen atoms in total. The molecule has 5 rings (SSSR count). The fraction of sp³-hybridized carbons (Fsp3) is 0.500. The lowest BCUT2D eigenvalue weighted by Crippen LogP contribution is -2.33. The van der Waals surface area contributed by atoms with E-state index in [1.54, 1.807) is 17.7 Å². The summed E-state index contributed by atoms with van der Waals surface area (Å²) in [4.78, 5) is 28.7. The first-order chi connectivity index (χ1) is 13.9. The number of carbonyl (C=O) groups is 1. The average molecular weight is 430 g/mol. The zero-order chi connectivity index (χ0) is 20.2. The summed E-state index contributed by atoms with van der Waals surface area (Å²) in [6.07, 6.45) is 4.80. The molecule has 2 aliphatic rings. The molecule has 0 bridgehead atoms. The second-order valence-corrected chi connectivity index (χ2v) is 10.2. The fourth-order valence-corrected chi connectivity index (χ4v) is 6.17. The normalized spacial score (nSPS) is 18.5. The van der Waals surface area contributed by atoms with Crippen molar-refractivity contribution < 1.29 is 9.53 Å². The van der Waals surface area contributed by atoms with Crippen molar-refractivity contribution in [3.05, 3.63) is 17.5 Å². The van der Waals surface area contributed by atoms with Crippen LogP contribution >= 0.6 is 23.1 Å². The summed E-state index contributed by atoms with van der Waals surface area (Å²) in [7, 11) is 0. The number of hydrogen-bond acceptors (Lipinski definition) is 8. The number of thiophene rings is 1. The highest BCUT2D eigenvalue weighted by molar-refractivity contribution is 8.00. The van der Waals surface area contributed by atoms with Gasteiger partial charge in [0.05, 0.1) is 28.2 Å². The topological polar surface area (TPSA) is 94.2 Å². The number of nitrogens with zero attached hydrogens (tertiary/aromatic N) is 4. The number of rotatable bonds is 4. The Kier molecular flexibility index (Phi) is 4.64. The number of carbonyl (C=O) groups excluding carboxylic acids is 1. The SMILES string of the molecule is CC1(C)Cc2c(c(N3CCCC3)nc3sc4c(SCC(N)=O)ncnc4c23)CO1. The first-order valence-corrected chi connectivity index (χ1v) is 11.6. The van der Waals surface area contributed by atoms with Crippen molar-refractivity contribution in [2.45, 2.75) is 50.3 Å². The molecule has 0 radical (unpaired) electrons. The molecule has 0 unspecified atom stereocenters. The summed E-state index contributed by atoms with van der Waals surface area (Å²) < 4.78 is 7.14. The van der Waals surface area contributed by atoms with Crippen LogP contribution in [0.2, 0.25) is 0 Å². The number of anilines is 1.